The third kappa shape index (κ3) is 3.69. The van der Waals surface area contributed by atoms with Crippen molar-refractivity contribution in [2.45, 2.75) is 65.1 Å². The van der Waals surface area contributed by atoms with Gasteiger partial charge in [-0.2, -0.15) is 0 Å². The monoisotopic (exact) mass is 261 g/mol. The van der Waals surface area contributed by atoms with Crippen molar-refractivity contribution in [2.75, 3.05) is 11.4 Å². The topological polar surface area (TPSA) is 28.2 Å². The van der Waals surface area contributed by atoms with Crippen LogP contribution >= 0.6 is 0 Å². The average Bonchev–Trinajstić information content (AvgIpc) is 2.45. The Labute approximate surface area is 117 Å². The first-order valence-electron chi connectivity index (χ1n) is 7.65. The van der Waals surface area contributed by atoms with Crippen molar-refractivity contribution in [1.82, 2.24) is 10.3 Å². The van der Waals surface area contributed by atoms with Crippen LogP contribution in [0.5, 0.6) is 0 Å². The number of nitrogens with one attached hydrogen (secondary N) is 1. The first kappa shape index (κ1) is 14.3. The maximum Gasteiger partial charge on any atom is 0.0600 e. The highest BCUT2D eigenvalue weighted by Gasteiger charge is 2.22. The van der Waals surface area contributed by atoms with Crippen LogP contribution in [0.15, 0.2) is 18.5 Å². The van der Waals surface area contributed by atoms with Gasteiger partial charge < -0.3 is 10.2 Å². The zero-order chi connectivity index (χ0) is 13.7. The van der Waals surface area contributed by atoms with Crippen LogP contribution in [0, 0.1) is 0 Å². The summed E-state index contributed by atoms with van der Waals surface area (Å²) in [5.41, 5.74) is 2.71. The summed E-state index contributed by atoms with van der Waals surface area (Å²) in [6, 6.07) is 3.37. The predicted molar refractivity (Wildman–Crippen MR) is 81.5 cm³/mol. The highest BCUT2D eigenvalue weighted by Crippen LogP contribution is 2.28. The Hall–Kier alpha value is -1.09. The van der Waals surface area contributed by atoms with Gasteiger partial charge in [0.1, 0.15) is 0 Å². The number of hydrogen-bond acceptors (Lipinski definition) is 3. The molecule has 0 aliphatic carbocycles. The van der Waals surface area contributed by atoms with Crippen molar-refractivity contribution >= 4 is 5.69 Å². The molecule has 1 aromatic rings. The smallest absolute Gasteiger partial charge is 0.0600 e. The number of piperidine rings is 1. The van der Waals surface area contributed by atoms with Crippen LogP contribution in [-0.2, 0) is 6.54 Å². The lowest BCUT2D eigenvalue weighted by molar-refractivity contribution is 0.448. The quantitative estimate of drug-likeness (QED) is 0.881. The summed E-state index contributed by atoms with van der Waals surface area (Å²) in [4.78, 5) is 6.92. The zero-order valence-corrected chi connectivity index (χ0v) is 12.5. The van der Waals surface area contributed by atoms with Gasteiger partial charge in [-0.25, -0.2) is 0 Å². The van der Waals surface area contributed by atoms with Crippen LogP contribution in [-0.4, -0.2) is 23.6 Å². The molecule has 2 heterocycles. The summed E-state index contributed by atoms with van der Waals surface area (Å²) < 4.78 is 0. The van der Waals surface area contributed by atoms with Gasteiger partial charge in [0.25, 0.3) is 0 Å². The van der Waals surface area contributed by atoms with E-state index >= 15 is 0 Å². The number of hydrogen-bond donors (Lipinski definition) is 1. The summed E-state index contributed by atoms with van der Waals surface area (Å²) in [6.45, 7) is 8.79. The fourth-order valence-electron chi connectivity index (χ4n) is 2.88. The maximum atomic E-state index is 4.35. The Bertz CT molecular complexity index is 389. The second-order valence-electron chi connectivity index (χ2n) is 5.79. The van der Waals surface area contributed by atoms with E-state index in [1.807, 2.05) is 12.4 Å². The van der Waals surface area contributed by atoms with Gasteiger partial charge in [0.15, 0.2) is 0 Å². The van der Waals surface area contributed by atoms with Gasteiger partial charge in [-0.15, -0.1) is 0 Å². The average molecular weight is 261 g/mol. The van der Waals surface area contributed by atoms with Crippen molar-refractivity contribution < 1.29 is 0 Å². The Morgan fingerprint density at radius 3 is 3.00 bits per heavy atom. The number of nitrogens with zero attached hydrogens (tertiary/aromatic N) is 2. The molecule has 1 N–H and O–H groups in total. The van der Waals surface area contributed by atoms with Crippen LogP contribution in [0.4, 0.5) is 5.69 Å². The Balaban J connectivity index is 2.17. The van der Waals surface area contributed by atoms with Crippen molar-refractivity contribution in [3.05, 3.63) is 24.0 Å². The molecule has 0 aromatic carbocycles. The Kier molecular flexibility index (Phi) is 5.20. The zero-order valence-electron chi connectivity index (χ0n) is 12.5. The van der Waals surface area contributed by atoms with Crippen LogP contribution in [0.1, 0.15) is 52.0 Å². The van der Waals surface area contributed by atoms with Gasteiger partial charge >= 0.3 is 0 Å². The second kappa shape index (κ2) is 6.90. The molecule has 1 aliphatic rings. The van der Waals surface area contributed by atoms with E-state index in [2.05, 4.69) is 42.0 Å². The number of rotatable bonds is 5. The summed E-state index contributed by atoms with van der Waals surface area (Å²) in [5.74, 6) is 0. The van der Waals surface area contributed by atoms with Crippen molar-refractivity contribution in [3.63, 3.8) is 0 Å². The van der Waals surface area contributed by atoms with E-state index in [-0.39, 0.29) is 0 Å². The molecule has 1 fully saturated rings. The van der Waals surface area contributed by atoms with Crippen molar-refractivity contribution in [1.29, 1.82) is 0 Å². The molecule has 1 saturated heterocycles. The largest absolute Gasteiger partial charge is 0.367 e. The van der Waals surface area contributed by atoms with E-state index in [0.717, 1.165) is 6.54 Å². The molecular weight excluding hydrogens is 234 g/mol. The van der Waals surface area contributed by atoms with Gasteiger partial charge in [0, 0.05) is 31.4 Å². The third-order valence-electron chi connectivity index (χ3n) is 4.00. The highest BCUT2D eigenvalue weighted by molar-refractivity contribution is 5.53. The molecule has 1 unspecified atom stereocenters. The van der Waals surface area contributed by atoms with Gasteiger partial charge in [-0.1, -0.05) is 20.8 Å². The SMILES string of the molecule is CCC1CCCCN1c1cnccc1CNC(C)C. The van der Waals surface area contributed by atoms with E-state index < -0.39 is 0 Å². The third-order valence-corrected chi connectivity index (χ3v) is 4.00. The molecule has 1 aromatic heterocycles. The van der Waals surface area contributed by atoms with E-state index in [4.69, 9.17) is 0 Å². The Morgan fingerprint density at radius 2 is 2.26 bits per heavy atom. The Morgan fingerprint density at radius 1 is 1.42 bits per heavy atom. The summed E-state index contributed by atoms with van der Waals surface area (Å²) in [6.07, 6.45) is 9.18. The van der Waals surface area contributed by atoms with E-state index in [1.165, 1.54) is 43.5 Å². The lowest BCUT2D eigenvalue weighted by Gasteiger charge is -2.38. The molecule has 106 valence electrons. The molecule has 1 atom stereocenters. The minimum absolute atomic E-state index is 0.518. The van der Waals surface area contributed by atoms with Crippen molar-refractivity contribution in [2.24, 2.45) is 0 Å². The minimum atomic E-state index is 0.518. The molecule has 3 heteroatoms. The number of aromatic nitrogens is 1. The van der Waals surface area contributed by atoms with Gasteiger partial charge in [-0.3, -0.25) is 4.98 Å². The van der Waals surface area contributed by atoms with E-state index in [1.54, 1.807) is 0 Å². The molecular formula is C16H27N3. The second-order valence-corrected chi connectivity index (χ2v) is 5.79. The first-order chi connectivity index (χ1) is 9.22. The predicted octanol–water partition coefficient (Wildman–Crippen LogP) is 3.35. The molecule has 0 bridgehead atoms. The summed E-state index contributed by atoms with van der Waals surface area (Å²) in [7, 11) is 0. The van der Waals surface area contributed by atoms with E-state index in [0.29, 0.717) is 12.1 Å². The lowest BCUT2D eigenvalue weighted by atomic mass is 9.98. The van der Waals surface area contributed by atoms with Crippen LogP contribution in [0.3, 0.4) is 0 Å². The summed E-state index contributed by atoms with van der Waals surface area (Å²) >= 11 is 0. The first-order valence-corrected chi connectivity index (χ1v) is 7.65. The van der Waals surface area contributed by atoms with Gasteiger partial charge in [-0.05, 0) is 37.3 Å². The minimum Gasteiger partial charge on any atom is -0.367 e. The molecule has 19 heavy (non-hydrogen) atoms. The molecule has 0 radical (unpaired) electrons. The molecule has 0 saturated carbocycles. The van der Waals surface area contributed by atoms with Crippen LogP contribution < -0.4 is 10.2 Å². The molecule has 2 rings (SSSR count). The fraction of sp³-hybridized carbons (Fsp3) is 0.688. The normalized spacial score (nSPS) is 20.0. The molecule has 0 amide bonds. The van der Waals surface area contributed by atoms with Gasteiger partial charge in [0.05, 0.1) is 11.9 Å². The van der Waals surface area contributed by atoms with E-state index in [9.17, 15) is 0 Å². The molecule has 3 nitrogen and oxygen atoms in total. The van der Waals surface area contributed by atoms with Gasteiger partial charge in [0.2, 0.25) is 0 Å². The summed E-state index contributed by atoms with van der Waals surface area (Å²) in [5, 5.41) is 3.52. The lowest BCUT2D eigenvalue weighted by Crippen LogP contribution is -2.40. The van der Waals surface area contributed by atoms with Crippen molar-refractivity contribution in [3.8, 4) is 0 Å². The van der Waals surface area contributed by atoms with Crippen LogP contribution in [0.2, 0.25) is 0 Å². The standard InChI is InChI=1S/C16H27N3/c1-4-15-7-5-6-10-19(15)16-12-17-9-8-14(16)11-18-13(2)3/h8-9,12-13,15,18H,4-7,10-11H2,1-3H3. The number of pyridine rings is 1. The maximum absolute atomic E-state index is 4.35. The molecule has 1 aliphatic heterocycles. The van der Waals surface area contributed by atoms with Crippen LogP contribution in [0.25, 0.3) is 0 Å². The molecule has 0 spiro atoms. The highest BCUT2D eigenvalue weighted by atomic mass is 15.2. The fourth-order valence-corrected chi connectivity index (χ4v) is 2.88. The number of anilines is 1.